The van der Waals surface area contributed by atoms with Crippen LogP contribution in [0.3, 0.4) is 0 Å². The Kier molecular flexibility index (Phi) is 19.9. The Hall–Kier alpha value is 1.19. The molecule has 0 amide bonds. The van der Waals surface area contributed by atoms with Crippen LogP contribution >= 0.6 is 8.69 Å². The van der Waals surface area contributed by atoms with Crippen LogP contribution in [0.1, 0.15) is 1.43 Å². The minimum atomic E-state index is -1.50. The molecule has 0 aromatic heterocycles. The second-order valence-corrected chi connectivity index (χ2v) is 0.316. The van der Waals surface area contributed by atoms with Gasteiger partial charge in [0, 0.05) is 0 Å². The Balaban J connectivity index is -0.0000000200. The van der Waals surface area contributed by atoms with E-state index in [4.69, 9.17) is 9.46 Å². The van der Waals surface area contributed by atoms with Crippen molar-refractivity contribution >= 4 is 8.69 Å². The van der Waals surface area contributed by atoms with Crippen molar-refractivity contribution in [2.75, 3.05) is 0 Å². The zero-order chi connectivity index (χ0) is 2.71. The molecule has 0 fully saturated rings. The van der Waals surface area contributed by atoms with Crippen molar-refractivity contribution in [2.45, 2.75) is 0 Å². The van der Waals surface area contributed by atoms with Crippen molar-refractivity contribution in [1.82, 2.24) is 0 Å². The fourth-order valence-electron chi connectivity index (χ4n) is 0. The van der Waals surface area contributed by atoms with E-state index in [0.29, 0.717) is 0 Å². The molecule has 4 heavy (non-hydrogen) atoms. The van der Waals surface area contributed by atoms with E-state index < -0.39 is 8.69 Å². The van der Waals surface area contributed by atoms with Crippen LogP contribution in [-0.2, 0) is 4.57 Å². The van der Waals surface area contributed by atoms with Gasteiger partial charge in [0.2, 0.25) is 0 Å². The van der Waals surface area contributed by atoms with Crippen molar-refractivity contribution in [1.29, 1.82) is 0 Å². The molecular formula is H4NaO2P. The van der Waals surface area contributed by atoms with Crippen LogP contribution < -0.4 is 29.6 Å². The van der Waals surface area contributed by atoms with E-state index in [0.717, 1.165) is 0 Å². The molecule has 1 unspecified atom stereocenters. The summed E-state index contributed by atoms with van der Waals surface area (Å²) in [6.07, 6.45) is 0. The largest absolute Gasteiger partial charge is 1.00 e. The maximum absolute atomic E-state index is 8.57. The summed E-state index contributed by atoms with van der Waals surface area (Å²) in [5.41, 5.74) is 0. The number of hydrogen-bond donors (Lipinski definition) is 1. The van der Waals surface area contributed by atoms with Gasteiger partial charge in [-0.3, -0.25) is 4.57 Å². The van der Waals surface area contributed by atoms with Crippen LogP contribution in [0.4, 0.5) is 0 Å². The summed E-state index contributed by atoms with van der Waals surface area (Å²) < 4.78 is 8.57. The fourth-order valence-corrected chi connectivity index (χ4v) is 0. The van der Waals surface area contributed by atoms with Crippen molar-refractivity contribution in [3.05, 3.63) is 0 Å². The summed E-state index contributed by atoms with van der Waals surface area (Å²) in [5, 5.41) is 0. The number of rotatable bonds is 0. The zero-order valence-electron chi connectivity index (χ0n) is 3.43. The first-order valence-corrected chi connectivity index (χ1v) is 1.48. The first-order valence-electron chi connectivity index (χ1n) is 0.494. The van der Waals surface area contributed by atoms with Gasteiger partial charge in [-0.05, 0) is 0 Å². The summed E-state index contributed by atoms with van der Waals surface area (Å²) in [5.74, 6) is 0. The van der Waals surface area contributed by atoms with Gasteiger partial charge in [0.1, 0.15) is 0 Å². The van der Waals surface area contributed by atoms with Gasteiger partial charge in [0.15, 0.2) is 8.69 Å². The molecule has 0 spiro atoms. The molecule has 0 aromatic rings. The Morgan fingerprint density at radius 1 is 2.00 bits per heavy atom. The second kappa shape index (κ2) is 8.89. The number of hydrogen-bond acceptors (Lipinski definition) is 1. The quantitative estimate of drug-likeness (QED) is 0.251. The Labute approximate surface area is 49.3 Å². The molecule has 0 aliphatic heterocycles. The van der Waals surface area contributed by atoms with Gasteiger partial charge in [0.25, 0.3) is 0 Å². The molecule has 0 saturated carbocycles. The summed E-state index contributed by atoms with van der Waals surface area (Å²) >= 11 is 0. The average Bonchev–Trinajstić information content (AvgIpc) is 0.918. The normalized spacial score (nSPS) is 7.25. The van der Waals surface area contributed by atoms with Gasteiger partial charge in [0.05, 0.1) is 0 Å². The summed E-state index contributed by atoms with van der Waals surface area (Å²) in [4.78, 5) is 7.10. The Morgan fingerprint density at radius 3 is 2.00 bits per heavy atom. The van der Waals surface area contributed by atoms with E-state index in [2.05, 4.69) is 0 Å². The van der Waals surface area contributed by atoms with E-state index in [-0.39, 0.29) is 31.0 Å². The van der Waals surface area contributed by atoms with Gasteiger partial charge in [-0.15, -0.1) is 0 Å². The SMILES string of the molecule is O=[PH2]O.[H-].[Na+]. The monoisotopic (exact) mass is 90.0 g/mol. The van der Waals surface area contributed by atoms with Crippen molar-refractivity contribution in [3.63, 3.8) is 0 Å². The third kappa shape index (κ3) is 10.8. The molecule has 0 bridgehead atoms. The molecule has 1 atom stereocenters. The maximum atomic E-state index is 8.57. The molecule has 0 aliphatic carbocycles. The van der Waals surface area contributed by atoms with E-state index >= 15 is 0 Å². The smallest absolute Gasteiger partial charge is 1.00 e. The van der Waals surface area contributed by atoms with E-state index in [1.54, 1.807) is 0 Å². The van der Waals surface area contributed by atoms with Crippen molar-refractivity contribution in [2.24, 2.45) is 0 Å². The van der Waals surface area contributed by atoms with Crippen LogP contribution in [0.5, 0.6) is 0 Å². The predicted octanol–water partition coefficient (Wildman–Crippen LogP) is -3.23. The van der Waals surface area contributed by atoms with Crippen LogP contribution in [0, 0.1) is 0 Å². The third-order valence-corrected chi connectivity index (χ3v) is 0. The van der Waals surface area contributed by atoms with Crippen LogP contribution in [0.2, 0.25) is 0 Å². The van der Waals surface area contributed by atoms with Gasteiger partial charge in [-0.25, -0.2) is 0 Å². The molecule has 4 heteroatoms. The molecule has 22 valence electrons. The summed E-state index contributed by atoms with van der Waals surface area (Å²) in [6.45, 7) is 0. The molecule has 0 radical (unpaired) electrons. The second-order valence-electron chi connectivity index (χ2n) is 0.105. The zero-order valence-corrected chi connectivity index (χ0v) is 5.59. The topological polar surface area (TPSA) is 37.3 Å². The van der Waals surface area contributed by atoms with Gasteiger partial charge in [-0.1, -0.05) is 0 Å². The van der Waals surface area contributed by atoms with Crippen molar-refractivity contribution in [3.8, 4) is 0 Å². The van der Waals surface area contributed by atoms with E-state index in [1.807, 2.05) is 0 Å². The molecule has 0 aromatic carbocycles. The molecule has 0 saturated heterocycles. The predicted molar refractivity (Wildman–Crippen MR) is 13.7 cm³/mol. The molecule has 1 N–H and O–H groups in total. The van der Waals surface area contributed by atoms with Gasteiger partial charge < -0.3 is 6.32 Å². The minimum Gasteiger partial charge on any atom is -1.00 e. The summed E-state index contributed by atoms with van der Waals surface area (Å²) in [6, 6.07) is 0. The van der Waals surface area contributed by atoms with E-state index in [9.17, 15) is 0 Å². The first kappa shape index (κ1) is 8.95. The maximum Gasteiger partial charge on any atom is 1.00 e. The molecule has 0 rings (SSSR count). The molecule has 0 heterocycles. The third-order valence-electron chi connectivity index (χ3n) is 0. The average molecular weight is 90.0 g/mol. The standard InChI is InChI=1S/Na.H3O2P.H/c;1-3-2;/h;3H2,(H,1,2);/q+1;;-1. The van der Waals surface area contributed by atoms with Crippen LogP contribution in [-0.4, -0.2) is 4.89 Å². The Bertz CT molecular complexity index is 17.1. The van der Waals surface area contributed by atoms with Gasteiger partial charge in [-0.2, -0.15) is 0 Å². The van der Waals surface area contributed by atoms with Crippen LogP contribution in [0.25, 0.3) is 0 Å². The molecule has 0 aliphatic rings. The minimum absolute atomic E-state index is 0. The first-order chi connectivity index (χ1) is 1.41. The van der Waals surface area contributed by atoms with Crippen molar-refractivity contribution < 1.29 is 40.4 Å². The molecule has 2 nitrogen and oxygen atoms in total. The van der Waals surface area contributed by atoms with E-state index in [1.165, 1.54) is 0 Å². The fraction of sp³-hybridized carbons (Fsp3) is 0. The Morgan fingerprint density at radius 2 is 2.00 bits per heavy atom. The van der Waals surface area contributed by atoms with Gasteiger partial charge >= 0.3 is 29.6 Å². The molecular weight excluding hydrogens is 86.0 g/mol. The van der Waals surface area contributed by atoms with Crippen LogP contribution in [0.15, 0.2) is 0 Å². The summed E-state index contributed by atoms with van der Waals surface area (Å²) in [7, 11) is -1.50.